The molecule has 3 aliphatic heterocycles. The molecule has 17 heteroatoms. The highest BCUT2D eigenvalue weighted by Crippen LogP contribution is 2.33. The van der Waals surface area contributed by atoms with Gasteiger partial charge in [-0.05, 0) is 32.1 Å². The van der Waals surface area contributed by atoms with Gasteiger partial charge in [0, 0.05) is 43.6 Å². The maximum absolute atomic E-state index is 12.2. The van der Waals surface area contributed by atoms with Gasteiger partial charge in [0.05, 0.1) is 71.1 Å². The maximum atomic E-state index is 12.2. The molecular weight excluding hydrogens is 674 g/mol. The number of Topliss-reactive ketones (excluding diaryl/α,β-unsaturated/α-hetero) is 1. The third kappa shape index (κ3) is 14.6. The van der Waals surface area contributed by atoms with Crippen molar-refractivity contribution < 1.29 is 53.3 Å². The van der Waals surface area contributed by atoms with E-state index >= 15 is 0 Å². The second kappa shape index (κ2) is 23.6. The highest BCUT2D eigenvalue weighted by molar-refractivity contribution is 8.00. The maximum Gasteiger partial charge on any atom is 0.315 e. The summed E-state index contributed by atoms with van der Waals surface area (Å²) in [6.07, 6.45) is 6.34. The highest BCUT2D eigenvalue weighted by atomic mass is 32.2. The number of carbonyl (C=O) groups excluding carboxylic acids is 2. The van der Waals surface area contributed by atoms with Gasteiger partial charge in [-0.15, -0.1) is 5.10 Å². The Kier molecular flexibility index (Phi) is 19.3. The van der Waals surface area contributed by atoms with Gasteiger partial charge in [0.15, 0.2) is 6.29 Å². The number of rotatable bonds is 29. The van der Waals surface area contributed by atoms with Gasteiger partial charge in [0.1, 0.15) is 29.8 Å². The summed E-state index contributed by atoms with van der Waals surface area (Å²) in [7, 11) is 0. The quantitative estimate of drug-likeness (QED) is 0.0575. The molecule has 3 aliphatic rings. The van der Waals surface area contributed by atoms with Gasteiger partial charge in [-0.25, -0.2) is 4.79 Å². The highest BCUT2D eigenvalue weighted by Gasteiger charge is 2.43. The first-order chi connectivity index (χ1) is 24.4. The minimum atomic E-state index is -1.15. The summed E-state index contributed by atoms with van der Waals surface area (Å²) in [5, 5.41) is 43.5. The lowest BCUT2D eigenvalue weighted by Gasteiger charge is -2.16. The summed E-state index contributed by atoms with van der Waals surface area (Å²) < 4.78 is 34.9. The molecule has 4 heterocycles. The molecule has 5 N–H and O–H groups in total. The topological polar surface area (TPSA) is 205 Å². The van der Waals surface area contributed by atoms with Crippen LogP contribution in [0.4, 0.5) is 4.79 Å². The molecule has 2 amide bonds. The molecule has 50 heavy (non-hydrogen) atoms. The van der Waals surface area contributed by atoms with Gasteiger partial charge >= 0.3 is 6.03 Å². The molecular formula is C33H57N5O11S. The van der Waals surface area contributed by atoms with E-state index in [9.17, 15) is 19.8 Å². The Bertz CT molecular complexity index is 1100. The van der Waals surface area contributed by atoms with Gasteiger partial charge < -0.3 is 54.4 Å². The standard InChI is InChI=1S/C33H57N5O11S/c39-21-27-30(41)31(42)32(49-27)48-13-6-2-1-5-11-38-20-24(36-37-38)22-47-19-18-46-17-16-45-15-14-44-12-7-9-25(40)8-3-4-10-28-29-26(23-50-28)34-33(43)35-29/h20,26-32,39,41-42H,1-19,21-23H2,(H2,34,35,43)/t26-,27+,28-,29-,30?,31+,32+/m0/s1. The SMILES string of the molecule is O=C(CCCC[C@@H]1SC[C@@H]2NC(=O)N[C@@H]21)CCCOCCOCCOCCOCc1cn(CCCCCCO[C@@H]2O[C@H](CO)C(O)[C@H]2O)nn1. The first-order valence-corrected chi connectivity index (χ1v) is 19.1. The molecule has 1 aromatic rings. The van der Waals surface area contributed by atoms with Crippen molar-refractivity contribution in [2.24, 2.45) is 0 Å². The van der Waals surface area contributed by atoms with Crippen LogP contribution in [0.5, 0.6) is 0 Å². The summed E-state index contributed by atoms with van der Waals surface area (Å²) in [6.45, 7) is 4.51. The number of urea groups is 1. The average Bonchev–Trinajstić information content (AvgIpc) is 3.88. The van der Waals surface area contributed by atoms with Gasteiger partial charge in [0.25, 0.3) is 0 Å². The van der Waals surface area contributed by atoms with Crippen LogP contribution in [0.25, 0.3) is 0 Å². The van der Waals surface area contributed by atoms with Gasteiger partial charge in [-0.1, -0.05) is 24.5 Å². The van der Waals surface area contributed by atoms with Crippen LogP contribution in [-0.4, -0.2) is 149 Å². The normalized spacial score (nSPS) is 26.0. The first-order valence-electron chi connectivity index (χ1n) is 18.1. The van der Waals surface area contributed by atoms with Crippen LogP contribution >= 0.6 is 11.8 Å². The van der Waals surface area contributed by atoms with Crippen LogP contribution in [0.3, 0.4) is 0 Å². The Labute approximate surface area is 298 Å². The van der Waals surface area contributed by atoms with Crippen molar-refractivity contribution in [1.82, 2.24) is 25.6 Å². The van der Waals surface area contributed by atoms with E-state index in [2.05, 4.69) is 20.9 Å². The van der Waals surface area contributed by atoms with Crippen LogP contribution < -0.4 is 10.6 Å². The fourth-order valence-electron chi connectivity index (χ4n) is 6.09. The number of aromatic nitrogens is 3. The molecule has 0 radical (unpaired) electrons. The Hall–Kier alpha value is -1.93. The summed E-state index contributed by atoms with van der Waals surface area (Å²) in [6, 6.07) is 0.430. The van der Waals surface area contributed by atoms with Crippen LogP contribution in [-0.2, 0) is 46.4 Å². The lowest BCUT2D eigenvalue weighted by atomic mass is 10.0. The van der Waals surface area contributed by atoms with Crippen LogP contribution in [0.15, 0.2) is 6.20 Å². The van der Waals surface area contributed by atoms with E-state index in [4.69, 9.17) is 33.5 Å². The zero-order valence-corrected chi connectivity index (χ0v) is 29.8. The number of hydrogen-bond donors (Lipinski definition) is 5. The number of aliphatic hydroxyl groups excluding tert-OH is 3. The number of nitrogens with one attached hydrogen (secondary N) is 2. The summed E-state index contributed by atoms with van der Waals surface area (Å²) in [5.41, 5.74) is 0.761. The number of nitrogens with zero attached hydrogens (tertiary/aromatic N) is 3. The third-order valence-corrected chi connectivity index (χ3v) is 10.4. The van der Waals surface area contributed by atoms with E-state index in [0.717, 1.165) is 69.4 Å². The molecule has 0 saturated carbocycles. The van der Waals surface area contributed by atoms with E-state index in [-0.39, 0.29) is 30.5 Å². The summed E-state index contributed by atoms with van der Waals surface area (Å²) in [5.74, 6) is 1.25. The van der Waals surface area contributed by atoms with Crippen molar-refractivity contribution in [3.63, 3.8) is 0 Å². The second-order valence-electron chi connectivity index (χ2n) is 12.9. The molecule has 3 saturated heterocycles. The number of hydrogen-bond acceptors (Lipinski definition) is 14. The number of carbonyl (C=O) groups is 2. The predicted molar refractivity (Wildman–Crippen MR) is 183 cm³/mol. The number of thioether (sulfide) groups is 1. The second-order valence-corrected chi connectivity index (χ2v) is 14.1. The molecule has 4 rings (SSSR count). The number of ether oxygens (including phenoxy) is 6. The van der Waals surface area contributed by atoms with Crippen molar-refractivity contribution in [3.05, 3.63) is 11.9 Å². The van der Waals surface area contributed by atoms with E-state index in [1.165, 1.54) is 0 Å². The molecule has 0 bridgehead atoms. The van der Waals surface area contributed by atoms with Crippen LogP contribution in [0, 0.1) is 0 Å². The smallest absolute Gasteiger partial charge is 0.315 e. The monoisotopic (exact) mass is 731 g/mol. The summed E-state index contributed by atoms with van der Waals surface area (Å²) in [4.78, 5) is 23.6. The number of fused-ring (bicyclic) bond motifs is 1. The molecule has 286 valence electrons. The Morgan fingerprint density at radius 3 is 2.36 bits per heavy atom. The number of aryl methyl sites for hydroxylation is 1. The molecule has 0 aliphatic carbocycles. The Balaban J connectivity index is 0.844. The fraction of sp³-hybridized carbons (Fsp3) is 0.879. The predicted octanol–water partition coefficient (Wildman–Crippen LogP) is 0.936. The van der Waals surface area contributed by atoms with E-state index in [1.807, 2.05) is 18.0 Å². The molecule has 0 spiro atoms. The molecule has 1 unspecified atom stereocenters. The minimum Gasteiger partial charge on any atom is -0.394 e. The molecule has 0 aromatic carbocycles. The van der Waals surface area contributed by atoms with Crippen molar-refractivity contribution in [2.75, 3.05) is 65.2 Å². The largest absolute Gasteiger partial charge is 0.394 e. The molecule has 1 aromatic heterocycles. The molecule has 3 fully saturated rings. The van der Waals surface area contributed by atoms with E-state index in [1.54, 1.807) is 4.68 Å². The van der Waals surface area contributed by atoms with Gasteiger partial charge in [-0.3, -0.25) is 9.48 Å². The fourth-order valence-corrected chi connectivity index (χ4v) is 7.63. The number of aliphatic hydroxyl groups is 3. The van der Waals surface area contributed by atoms with E-state index < -0.39 is 24.6 Å². The molecule has 7 atom stereocenters. The van der Waals surface area contributed by atoms with E-state index in [0.29, 0.717) is 77.6 Å². The number of ketones is 1. The average molecular weight is 732 g/mol. The number of amides is 2. The van der Waals surface area contributed by atoms with Crippen LogP contribution in [0.2, 0.25) is 0 Å². The van der Waals surface area contributed by atoms with Gasteiger partial charge in [-0.2, -0.15) is 11.8 Å². The van der Waals surface area contributed by atoms with Crippen LogP contribution in [0.1, 0.15) is 69.9 Å². The number of unbranched alkanes of at least 4 members (excludes halogenated alkanes) is 4. The summed E-state index contributed by atoms with van der Waals surface area (Å²) >= 11 is 1.91. The lowest BCUT2D eigenvalue weighted by molar-refractivity contribution is -0.169. The van der Waals surface area contributed by atoms with Crippen molar-refractivity contribution >= 4 is 23.6 Å². The minimum absolute atomic E-state index is 0.0551. The van der Waals surface area contributed by atoms with Crippen molar-refractivity contribution in [3.8, 4) is 0 Å². The Morgan fingerprint density at radius 2 is 1.60 bits per heavy atom. The van der Waals surface area contributed by atoms with Gasteiger partial charge in [0.2, 0.25) is 0 Å². The zero-order valence-electron chi connectivity index (χ0n) is 29.0. The first kappa shape index (κ1) is 40.8. The Morgan fingerprint density at radius 1 is 0.880 bits per heavy atom. The van der Waals surface area contributed by atoms with Crippen molar-refractivity contribution in [2.45, 2.75) is 119 Å². The third-order valence-electron chi connectivity index (χ3n) is 8.89. The van der Waals surface area contributed by atoms with Crippen molar-refractivity contribution in [1.29, 1.82) is 0 Å². The molecule has 16 nitrogen and oxygen atoms in total. The lowest BCUT2D eigenvalue weighted by Crippen LogP contribution is -2.36. The zero-order chi connectivity index (χ0) is 35.4.